The summed E-state index contributed by atoms with van der Waals surface area (Å²) in [6.45, 7) is 10.5. The maximum Gasteiger partial charge on any atom is 0.219 e. The predicted octanol–water partition coefficient (Wildman–Crippen LogP) is 2.24. The molecule has 0 spiro atoms. The molecule has 0 unspecified atom stereocenters. The number of anilines is 1. The van der Waals surface area contributed by atoms with Gasteiger partial charge in [-0.05, 0) is 18.1 Å². The average molecular weight is 289 g/mol. The second-order valence-corrected chi connectivity index (χ2v) is 6.01. The minimum absolute atomic E-state index is 0.187. The normalized spacial score (nSPS) is 16.2. The Morgan fingerprint density at radius 3 is 2.67 bits per heavy atom. The first kappa shape index (κ1) is 15.8. The van der Waals surface area contributed by atoms with Crippen molar-refractivity contribution < 1.29 is 4.79 Å². The van der Waals surface area contributed by atoms with Crippen LogP contribution in [0.3, 0.4) is 0 Å². The van der Waals surface area contributed by atoms with Crippen molar-refractivity contribution in [2.45, 2.75) is 39.8 Å². The summed E-state index contributed by atoms with van der Waals surface area (Å²) in [6, 6.07) is 9.07. The van der Waals surface area contributed by atoms with Gasteiger partial charge in [0.2, 0.25) is 5.91 Å². The van der Waals surface area contributed by atoms with E-state index in [1.54, 1.807) is 6.92 Å². The van der Waals surface area contributed by atoms with Gasteiger partial charge in [0.25, 0.3) is 0 Å². The molecule has 1 aromatic rings. The number of benzene rings is 1. The van der Waals surface area contributed by atoms with E-state index in [4.69, 9.17) is 0 Å². The summed E-state index contributed by atoms with van der Waals surface area (Å²) >= 11 is 0. The van der Waals surface area contributed by atoms with Crippen molar-refractivity contribution in [3.05, 3.63) is 29.8 Å². The SMILES string of the molecule is CC(=O)N1CCCN(c2ccccc2CNC(C)C)CC1. The van der Waals surface area contributed by atoms with Crippen LogP contribution in [0, 0.1) is 0 Å². The van der Waals surface area contributed by atoms with Crippen LogP contribution in [0.15, 0.2) is 24.3 Å². The monoisotopic (exact) mass is 289 g/mol. The van der Waals surface area contributed by atoms with Crippen molar-refractivity contribution >= 4 is 11.6 Å². The lowest BCUT2D eigenvalue weighted by atomic mass is 10.1. The molecule has 4 nitrogen and oxygen atoms in total. The zero-order chi connectivity index (χ0) is 15.2. The molecule has 0 aromatic heterocycles. The highest BCUT2D eigenvalue weighted by Crippen LogP contribution is 2.22. The van der Waals surface area contributed by atoms with Crippen molar-refractivity contribution in [3.8, 4) is 0 Å². The van der Waals surface area contributed by atoms with Crippen LogP contribution in [0.4, 0.5) is 5.69 Å². The largest absolute Gasteiger partial charge is 0.369 e. The summed E-state index contributed by atoms with van der Waals surface area (Å²) in [6.07, 6.45) is 1.03. The Morgan fingerprint density at radius 2 is 1.95 bits per heavy atom. The third kappa shape index (κ3) is 4.46. The molecule has 116 valence electrons. The van der Waals surface area contributed by atoms with E-state index >= 15 is 0 Å². The molecule has 0 aliphatic carbocycles. The fourth-order valence-electron chi connectivity index (χ4n) is 2.76. The topological polar surface area (TPSA) is 35.6 Å². The summed E-state index contributed by atoms with van der Waals surface area (Å²) < 4.78 is 0. The van der Waals surface area contributed by atoms with Crippen LogP contribution >= 0.6 is 0 Å². The molecule has 1 N–H and O–H groups in total. The highest BCUT2D eigenvalue weighted by atomic mass is 16.2. The molecule has 1 heterocycles. The Kier molecular flexibility index (Phi) is 5.62. The van der Waals surface area contributed by atoms with Crippen LogP contribution in [0.25, 0.3) is 0 Å². The van der Waals surface area contributed by atoms with Gasteiger partial charge in [-0.3, -0.25) is 4.79 Å². The average Bonchev–Trinajstić information content (AvgIpc) is 2.71. The zero-order valence-corrected chi connectivity index (χ0v) is 13.4. The number of hydrogen-bond donors (Lipinski definition) is 1. The van der Waals surface area contributed by atoms with Gasteiger partial charge in [0, 0.05) is 51.4 Å². The lowest BCUT2D eigenvalue weighted by Gasteiger charge is -2.26. The van der Waals surface area contributed by atoms with Gasteiger partial charge < -0.3 is 15.1 Å². The number of nitrogens with one attached hydrogen (secondary N) is 1. The highest BCUT2D eigenvalue weighted by molar-refractivity contribution is 5.73. The molecule has 0 bridgehead atoms. The van der Waals surface area contributed by atoms with E-state index in [1.807, 2.05) is 4.90 Å². The number of carbonyl (C=O) groups is 1. The van der Waals surface area contributed by atoms with E-state index in [0.717, 1.165) is 39.1 Å². The second-order valence-electron chi connectivity index (χ2n) is 6.01. The van der Waals surface area contributed by atoms with Crippen molar-refractivity contribution in [2.75, 3.05) is 31.1 Å². The summed E-state index contributed by atoms with van der Waals surface area (Å²) in [5, 5.41) is 3.49. The van der Waals surface area contributed by atoms with Gasteiger partial charge in [-0.15, -0.1) is 0 Å². The molecule has 1 saturated heterocycles. The molecule has 0 radical (unpaired) electrons. The van der Waals surface area contributed by atoms with Gasteiger partial charge >= 0.3 is 0 Å². The van der Waals surface area contributed by atoms with Crippen molar-refractivity contribution in [2.24, 2.45) is 0 Å². The molecule has 1 aliphatic rings. The standard InChI is InChI=1S/C17H27N3O/c1-14(2)18-13-16-7-4-5-8-17(16)20-10-6-9-19(11-12-20)15(3)21/h4-5,7-8,14,18H,6,9-13H2,1-3H3. The van der Waals surface area contributed by atoms with Gasteiger partial charge in [0.15, 0.2) is 0 Å². The van der Waals surface area contributed by atoms with Gasteiger partial charge in [0.05, 0.1) is 0 Å². The first-order chi connectivity index (χ1) is 10.1. The molecule has 1 amide bonds. The molecule has 1 fully saturated rings. The Morgan fingerprint density at radius 1 is 1.19 bits per heavy atom. The first-order valence-corrected chi connectivity index (χ1v) is 7.89. The Labute approximate surface area is 128 Å². The number of carbonyl (C=O) groups excluding carboxylic acids is 1. The Bertz CT molecular complexity index is 473. The number of amides is 1. The second kappa shape index (κ2) is 7.46. The van der Waals surface area contributed by atoms with E-state index in [0.29, 0.717) is 6.04 Å². The highest BCUT2D eigenvalue weighted by Gasteiger charge is 2.18. The fraction of sp³-hybridized carbons (Fsp3) is 0.588. The molecular formula is C17H27N3O. The number of rotatable bonds is 4. The van der Waals surface area contributed by atoms with Crippen molar-refractivity contribution in [1.82, 2.24) is 10.2 Å². The van der Waals surface area contributed by atoms with Gasteiger partial charge in [-0.1, -0.05) is 32.0 Å². The molecule has 0 saturated carbocycles. The predicted molar refractivity (Wildman–Crippen MR) is 87.5 cm³/mol. The maximum absolute atomic E-state index is 11.5. The van der Waals surface area contributed by atoms with E-state index in [2.05, 4.69) is 48.3 Å². The fourth-order valence-corrected chi connectivity index (χ4v) is 2.76. The summed E-state index contributed by atoms with van der Waals surface area (Å²) in [5.41, 5.74) is 2.64. The lowest BCUT2D eigenvalue weighted by molar-refractivity contribution is -0.128. The van der Waals surface area contributed by atoms with Crippen LogP contribution in [0.1, 0.15) is 32.8 Å². The minimum atomic E-state index is 0.187. The molecule has 1 aromatic carbocycles. The van der Waals surface area contributed by atoms with Crippen molar-refractivity contribution in [1.29, 1.82) is 0 Å². The molecule has 2 rings (SSSR count). The number of para-hydroxylation sites is 1. The number of nitrogens with zero attached hydrogens (tertiary/aromatic N) is 2. The van der Waals surface area contributed by atoms with E-state index in [-0.39, 0.29) is 5.91 Å². The van der Waals surface area contributed by atoms with E-state index in [1.165, 1.54) is 11.3 Å². The van der Waals surface area contributed by atoms with Crippen LogP contribution in [-0.2, 0) is 11.3 Å². The van der Waals surface area contributed by atoms with Crippen LogP contribution in [-0.4, -0.2) is 43.0 Å². The lowest BCUT2D eigenvalue weighted by Crippen LogP contribution is -2.34. The number of hydrogen-bond acceptors (Lipinski definition) is 3. The Hall–Kier alpha value is -1.55. The molecular weight excluding hydrogens is 262 g/mol. The van der Waals surface area contributed by atoms with Gasteiger partial charge in [0.1, 0.15) is 0 Å². The van der Waals surface area contributed by atoms with Crippen LogP contribution in [0.2, 0.25) is 0 Å². The zero-order valence-electron chi connectivity index (χ0n) is 13.4. The summed E-state index contributed by atoms with van der Waals surface area (Å²) in [7, 11) is 0. The van der Waals surface area contributed by atoms with Gasteiger partial charge in [-0.2, -0.15) is 0 Å². The first-order valence-electron chi connectivity index (χ1n) is 7.89. The molecule has 1 aliphatic heterocycles. The van der Waals surface area contributed by atoms with Crippen LogP contribution in [0.5, 0.6) is 0 Å². The smallest absolute Gasteiger partial charge is 0.219 e. The third-order valence-corrected chi connectivity index (χ3v) is 3.97. The molecule has 4 heteroatoms. The van der Waals surface area contributed by atoms with Crippen molar-refractivity contribution in [3.63, 3.8) is 0 Å². The molecule has 0 atom stereocenters. The third-order valence-electron chi connectivity index (χ3n) is 3.97. The summed E-state index contributed by atoms with van der Waals surface area (Å²) in [5.74, 6) is 0.187. The summed E-state index contributed by atoms with van der Waals surface area (Å²) in [4.78, 5) is 15.9. The van der Waals surface area contributed by atoms with E-state index in [9.17, 15) is 4.79 Å². The van der Waals surface area contributed by atoms with E-state index < -0.39 is 0 Å². The Balaban J connectivity index is 2.08. The minimum Gasteiger partial charge on any atom is -0.369 e. The van der Waals surface area contributed by atoms with Crippen LogP contribution < -0.4 is 10.2 Å². The quantitative estimate of drug-likeness (QED) is 0.923. The van der Waals surface area contributed by atoms with Gasteiger partial charge in [-0.25, -0.2) is 0 Å². The molecule has 21 heavy (non-hydrogen) atoms. The maximum atomic E-state index is 11.5.